The Bertz CT molecular complexity index is 791. The summed E-state index contributed by atoms with van der Waals surface area (Å²) in [6.07, 6.45) is 7.97. The van der Waals surface area contributed by atoms with Crippen molar-refractivity contribution in [3.63, 3.8) is 0 Å². The van der Waals surface area contributed by atoms with Crippen LogP contribution in [0.1, 0.15) is 79.1 Å². The van der Waals surface area contributed by atoms with Gasteiger partial charge in [-0.2, -0.15) is 0 Å². The molecule has 0 aromatic carbocycles. The molecule has 13 unspecified atom stereocenters. The average Bonchev–Trinajstić information content (AvgIpc) is 3.26. The van der Waals surface area contributed by atoms with Crippen molar-refractivity contribution in [3.8, 4) is 0 Å². The summed E-state index contributed by atoms with van der Waals surface area (Å²) in [5.74, 6) is 1.52. The number of carbonyl (C=O) groups is 1. The summed E-state index contributed by atoms with van der Waals surface area (Å²) in [6, 6.07) is 0. The Morgan fingerprint density at radius 3 is 2.50 bits per heavy atom. The Labute approximate surface area is 192 Å². The summed E-state index contributed by atoms with van der Waals surface area (Å²) in [5.41, 5.74) is -1.25. The van der Waals surface area contributed by atoms with Crippen LogP contribution in [0.5, 0.6) is 0 Å². The zero-order chi connectivity index (χ0) is 22.7. The third-order valence-corrected chi connectivity index (χ3v) is 12.1. The van der Waals surface area contributed by atoms with Crippen molar-refractivity contribution in [2.75, 3.05) is 6.61 Å². The van der Waals surface area contributed by atoms with E-state index >= 15 is 0 Å². The highest BCUT2D eigenvalue weighted by molar-refractivity contribution is 5.59. The third-order valence-electron chi connectivity index (χ3n) is 12.1. The number of hydrogen-bond acceptors (Lipinski definition) is 5. The first-order valence-electron chi connectivity index (χ1n) is 13.3. The third kappa shape index (κ3) is 2.47. The first kappa shape index (κ1) is 22.0. The Kier molecular flexibility index (Phi) is 4.68. The fourth-order valence-corrected chi connectivity index (χ4v) is 10.4. The smallest absolute Gasteiger partial charge is 0.171 e. The van der Waals surface area contributed by atoms with E-state index < -0.39 is 17.5 Å². The molecule has 5 heteroatoms. The van der Waals surface area contributed by atoms with Gasteiger partial charge in [-0.25, -0.2) is 0 Å². The van der Waals surface area contributed by atoms with Crippen LogP contribution in [0.2, 0.25) is 0 Å². The van der Waals surface area contributed by atoms with E-state index in [9.17, 15) is 15.0 Å². The molecule has 2 N–H and O–H groups in total. The van der Waals surface area contributed by atoms with Crippen LogP contribution in [0.3, 0.4) is 0 Å². The van der Waals surface area contributed by atoms with Crippen LogP contribution in [0.25, 0.3) is 0 Å². The lowest BCUT2D eigenvalue weighted by atomic mass is 9.53. The molecule has 6 rings (SSSR count). The van der Waals surface area contributed by atoms with Crippen LogP contribution >= 0.6 is 0 Å². The molecule has 13 atom stereocenters. The maximum atomic E-state index is 12.6. The SMILES string of the molecule is CC1CCC2(OC1)OC1CC3C4C(CCC3(C)C1C2C)C1(C)CCC(O)CC1(O)C4C=O. The van der Waals surface area contributed by atoms with Crippen LogP contribution in [0.15, 0.2) is 0 Å². The first-order valence-corrected chi connectivity index (χ1v) is 13.3. The van der Waals surface area contributed by atoms with E-state index in [4.69, 9.17) is 9.47 Å². The molecule has 0 aromatic heterocycles. The number of hydrogen-bond donors (Lipinski definition) is 2. The van der Waals surface area contributed by atoms with Gasteiger partial charge in [-0.1, -0.05) is 27.7 Å². The molecular weight excluding hydrogens is 404 g/mol. The van der Waals surface area contributed by atoms with Gasteiger partial charge in [0.15, 0.2) is 5.79 Å². The second-order valence-corrected chi connectivity index (χ2v) is 13.2. The van der Waals surface area contributed by atoms with E-state index in [-0.39, 0.29) is 28.8 Å². The second-order valence-electron chi connectivity index (χ2n) is 13.2. The Morgan fingerprint density at radius 2 is 1.81 bits per heavy atom. The summed E-state index contributed by atoms with van der Waals surface area (Å²) < 4.78 is 13.2. The van der Waals surface area contributed by atoms with E-state index in [0.29, 0.717) is 36.0 Å². The predicted octanol–water partition coefficient (Wildman–Crippen LogP) is 3.94. The molecule has 1 spiro atoms. The monoisotopic (exact) mass is 446 g/mol. The molecule has 2 aliphatic heterocycles. The lowest BCUT2D eigenvalue weighted by molar-refractivity contribution is -0.272. The van der Waals surface area contributed by atoms with Crippen LogP contribution in [-0.4, -0.2) is 46.7 Å². The Morgan fingerprint density at radius 1 is 1.03 bits per heavy atom. The molecule has 2 heterocycles. The highest BCUT2D eigenvalue weighted by Gasteiger charge is 2.75. The standard InChI is InChI=1S/C27H42O5/c1-15-5-10-27(31-14-15)16(2)23-21(32-27)11-19-22-18(7-8-24(19,23)3)25(4)9-6-17(29)12-26(25,30)20(22)13-28/h13,15-23,29-30H,5-12,14H2,1-4H3. The summed E-state index contributed by atoms with van der Waals surface area (Å²) in [6.45, 7) is 10.1. The van der Waals surface area contributed by atoms with Gasteiger partial charge in [0.05, 0.1) is 24.4 Å². The highest BCUT2D eigenvalue weighted by atomic mass is 16.7. The zero-order valence-electron chi connectivity index (χ0n) is 20.3. The van der Waals surface area contributed by atoms with Gasteiger partial charge < -0.3 is 24.5 Å². The molecule has 32 heavy (non-hydrogen) atoms. The number of carbonyl (C=O) groups excluding carboxylic acids is 1. The van der Waals surface area contributed by atoms with Gasteiger partial charge in [0.1, 0.15) is 6.29 Å². The van der Waals surface area contributed by atoms with Crippen LogP contribution in [0, 0.1) is 52.3 Å². The van der Waals surface area contributed by atoms with Crippen molar-refractivity contribution < 1.29 is 24.5 Å². The molecule has 5 nitrogen and oxygen atoms in total. The molecule has 0 aromatic rings. The van der Waals surface area contributed by atoms with Crippen molar-refractivity contribution in [1.82, 2.24) is 0 Å². The fraction of sp³-hybridized carbons (Fsp3) is 0.963. The van der Waals surface area contributed by atoms with Crippen molar-refractivity contribution in [2.45, 2.75) is 103 Å². The van der Waals surface area contributed by atoms with Crippen molar-refractivity contribution in [1.29, 1.82) is 0 Å². The Balaban J connectivity index is 1.35. The van der Waals surface area contributed by atoms with Gasteiger partial charge in [-0.3, -0.25) is 0 Å². The summed E-state index contributed by atoms with van der Waals surface area (Å²) in [7, 11) is 0. The summed E-state index contributed by atoms with van der Waals surface area (Å²) >= 11 is 0. The van der Waals surface area contributed by atoms with E-state index in [0.717, 1.165) is 57.8 Å². The zero-order valence-corrected chi connectivity index (χ0v) is 20.3. The minimum atomic E-state index is -1.08. The molecule has 2 saturated heterocycles. The van der Waals surface area contributed by atoms with Gasteiger partial charge in [0.25, 0.3) is 0 Å². The van der Waals surface area contributed by atoms with Crippen LogP contribution in [0.4, 0.5) is 0 Å². The minimum absolute atomic E-state index is 0.112. The molecule has 6 aliphatic rings. The number of fused-ring (bicyclic) bond motifs is 7. The summed E-state index contributed by atoms with van der Waals surface area (Å²) in [4.78, 5) is 12.6. The number of aliphatic hydroxyl groups excluding tert-OH is 1. The maximum absolute atomic E-state index is 12.6. The first-order chi connectivity index (χ1) is 15.1. The molecular formula is C27H42O5. The van der Waals surface area contributed by atoms with Gasteiger partial charge >= 0.3 is 0 Å². The normalized spacial score (nSPS) is 63.5. The van der Waals surface area contributed by atoms with Crippen molar-refractivity contribution >= 4 is 6.29 Å². The maximum Gasteiger partial charge on any atom is 0.171 e. The molecule has 4 aliphatic carbocycles. The second kappa shape index (κ2) is 6.80. The van der Waals surface area contributed by atoms with Gasteiger partial charge in [0.2, 0.25) is 0 Å². The molecule has 0 radical (unpaired) electrons. The van der Waals surface area contributed by atoms with Crippen molar-refractivity contribution in [3.05, 3.63) is 0 Å². The lowest BCUT2D eigenvalue weighted by Crippen LogP contribution is -2.54. The predicted molar refractivity (Wildman–Crippen MR) is 120 cm³/mol. The van der Waals surface area contributed by atoms with E-state index in [2.05, 4.69) is 27.7 Å². The summed E-state index contributed by atoms with van der Waals surface area (Å²) in [5, 5.41) is 22.4. The minimum Gasteiger partial charge on any atom is -0.393 e. The Hall–Kier alpha value is -0.490. The van der Waals surface area contributed by atoms with Gasteiger partial charge in [-0.15, -0.1) is 0 Å². The number of ether oxygens (including phenoxy) is 2. The number of aliphatic hydroxyl groups is 2. The molecule has 0 bridgehead atoms. The quantitative estimate of drug-likeness (QED) is 0.597. The van der Waals surface area contributed by atoms with Gasteiger partial charge in [-0.05, 0) is 73.5 Å². The molecule has 6 fully saturated rings. The number of rotatable bonds is 1. The van der Waals surface area contributed by atoms with E-state index in [1.54, 1.807) is 0 Å². The highest BCUT2D eigenvalue weighted by Crippen LogP contribution is 2.74. The lowest BCUT2D eigenvalue weighted by Gasteiger charge is -2.52. The molecule has 4 saturated carbocycles. The van der Waals surface area contributed by atoms with Crippen LogP contribution in [-0.2, 0) is 14.3 Å². The average molecular weight is 447 g/mol. The van der Waals surface area contributed by atoms with E-state index in [1.165, 1.54) is 0 Å². The fourth-order valence-electron chi connectivity index (χ4n) is 10.4. The molecule has 180 valence electrons. The largest absolute Gasteiger partial charge is 0.393 e. The van der Waals surface area contributed by atoms with Gasteiger partial charge in [0, 0.05) is 30.1 Å². The van der Waals surface area contributed by atoms with Crippen molar-refractivity contribution in [2.24, 2.45) is 52.3 Å². The van der Waals surface area contributed by atoms with E-state index in [1.807, 2.05) is 0 Å². The topological polar surface area (TPSA) is 76.0 Å². The number of aldehydes is 1. The molecule has 0 amide bonds. The van der Waals surface area contributed by atoms with Crippen LogP contribution < -0.4 is 0 Å².